The third kappa shape index (κ3) is 4.73. The topological polar surface area (TPSA) is 127 Å². The zero-order valence-corrected chi connectivity index (χ0v) is 20.9. The highest BCUT2D eigenvalue weighted by atomic mass is 32.2. The van der Waals surface area contributed by atoms with E-state index in [1.165, 1.54) is 6.26 Å². The Kier molecular flexibility index (Phi) is 6.42. The van der Waals surface area contributed by atoms with Crippen molar-refractivity contribution in [2.45, 2.75) is 24.9 Å². The number of pyridine rings is 1. The number of thiophene rings is 1. The largest absolute Gasteiger partial charge is 0.384 e. The number of nitrogen functional groups attached to an aromatic ring is 1. The Balaban J connectivity index is 1.55. The minimum Gasteiger partial charge on any atom is -0.384 e. The first-order valence-electron chi connectivity index (χ1n) is 11.3. The summed E-state index contributed by atoms with van der Waals surface area (Å²) < 4.78 is 31.6. The standard InChI is InChI=1S/C22H29N7O3S2/c1-14-22(34(2,30)31)29(6-5-24-14)13-16-11-17-19(33-16)21(28-7-9-32-10-8-28)27-20(26-17)15-3-4-18(23)25-12-15/h3-4,11-12,14,22,24H,5-10,13H2,1-2H3,(H2,23,25). The minimum absolute atomic E-state index is 0.133. The van der Waals surface area contributed by atoms with E-state index in [4.69, 9.17) is 20.4 Å². The van der Waals surface area contributed by atoms with Crippen LogP contribution in [0.1, 0.15) is 11.8 Å². The molecule has 0 saturated carbocycles. The molecule has 0 aromatic carbocycles. The van der Waals surface area contributed by atoms with Crippen LogP contribution in [0, 0.1) is 0 Å². The van der Waals surface area contributed by atoms with Gasteiger partial charge in [0.05, 0.1) is 23.4 Å². The molecule has 0 radical (unpaired) electrons. The molecule has 5 heterocycles. The van der Waals surface area contributed by atoms with Gasteiger partial charge in [0, 0.05) is 61.7 Å². The molecule has 2 unspecified atom stereocenters. The molecule has 2 fully saturated rings. The van der Waals surface area contributed by atoms with E-state index >= 15 is 0 Å². The summed E-state index contributed by atoms with van der Waals surface area (Å²) in [5.41, 5.74) is 7.41. The molecule has 0 amide bonds. The highest BCUT2D eigenvalue weighted by molar-refractivity contribution is 7.91. The Hall–Kier alpha value is -2.38. The third-order valence-electron chi connectivity index (χ3n) is 6.21. The highest BCUT2D eigenvalue weighted by Gasteiger charge is 2.36. The van der Waals surface area contributed by atoms with Gasteiger partial charge in [-0.2, -0.15) is 0 Å². The van der Waals surface area contributed by atoms with E-state index < -0.39 is 15.2 Å². The van der Waals surface area contributed by atoms with Crippen LogP contribution in [-0.4, -0.2) is 85.3 Å². The maximum Gasteiger partial charge on any atom is 0.165 e. The molecule has 0 bridgehead atoms. The fraction of sp³-hybridized carbons (Fsp3) is 0.500. The molecule has 182 valence electrons. The number of morpholine rings is 1. The maximum atomic E-state index is 12.5. The number of aromatic nitrogens is 3. The van der Waals surface area contributed by atoms with Crippen molar-refractivity contribution in [2.75, 3.05) is 56.3 Å². The average molecular weight is 504 g/mol. The van der Waals surface area contributed by atoms with Crippen LogP contribution in [0.4, 0.5) is 11.6 Å². The second kappa shape index (κ2) is 9.34. The summed E-state index contributed by atoms with van der Waals surface area (Å²) in [5.74, 6) is 1.92. The van der Waals surface area contributed by atoms with Gasteiger partial charge in [0.1, 0.15) is 11.2 Å². The van der Waals surface area contributed by atoms with Gasteiger partial charge >= 0.3 is 0 Å². The Labute approximate surface area is 203 Å². The molecule has 2 aliphatic rings. The lowest BCUT2D eigenvalue weighted by atomic mass is 10.2. The number of hydrogen-bond acceptors (Lipinski definition) is 11. The molecular formula is C22H29N7O3S2. The third-order valence-corrected chi connectivity index (χ3v) is 8.90. The molecule has 34 heavy (non-hydrogen) atoms. The van der Waals surface area contributed by atoms with Gasteiger partial charge in [-0.15, -0.1) is 11.3 Å². The summed E-state index contributed by atoms with van der Waals surface area (Å²) in [7, 11) is -3.25. The maximum absolute atomic E-state index is 12.5. The lowest BCUT2D eigenvalue weighted by Gasteiger charge is -2.39. The SMILES string of the molecule is CC1NCCN(Cc2cc3nc(-c4ccc(N)nc4)nc(N4CCOCC4)c3s2)C1S(C)(=O)=O. The van der Waals surface area contributed by atoms with Crippen molar-refractivity contribution in [3.63, 3.8) is 0 Å². The van der Waals surface area contributed by atoms with Crippen molar-refractivity contribution in [3.8, 4) is 11.4 Å². The number of nitrogens with zero attached hydrogens (tertiary/aromatic N) is 5. The van der Waals surface area contributed by atoms with Crippen molar-refractivity contribution in [1.29, 1.82) is 0 Å². The molecule has 3 N–H and O–H groups in total. The summed E-state index contributed by atoms with van der Waals surface area (Å²) in [4.78, 5) is 19.3. The molecule has 0 spiro atoms. The predicted molar refractivity (Wildman–Crippen MR) is 135 cm³/mol. The second-order valence-corrected chi connectivity index (χ2v) is 12.1. The van der Waals surface area contributed by atoms with Crippen LogP contribution in [0.3, 0.4) is 0 Å². The zero-order chi connectivity index (χ0) is 23.9. The fourth-order valence-corrected chi connectivity index (χ4v) is 7.39. The first kappa shape index (κ1) is 23.4. The van der Waals surface area contributed by atoms with Crippen LogP contribution in [0.5, 0.6) is 0 Å². The smallest absolute Gasteiger partial charge is 0.165 e. The monoisotopic (exact) mass is 503 g/mol. The first-order valence-corrected chi connectivity index (χ1v) is 14.1. The van der Waals surface area contributed by atoms with Gasteiger partial charge in [-0.3, -0.25) is 4.90 Å². The van der Waals surface area contributed by atoms with Gasteiger partial charge in [-0.1, -0.05) is 0 Å². The van der Waals surface area contributed by atoms with Crippen molar-refractivity contribution in [2.24, 2.45) is 0 Å². The summed E-state index contributed by atoms with van der Waals surface area (Å²) in [6, 6.07) is 5.55. The summed E-state index contributed by atoms with van der Waals surface area (Å²) >= 11 is 1.63. The number of rotatable bonds is 5. The summed E-state index contributed by atoms with van der Waals surface area (Å²) in [6.45, 7) is 6.71. The molecule has 3 aromatic heterocycles. The fourth-order valence-electron chi connectivity index (χ4n) is 4.69. The van der Waals surface area contributed by atoms with E-state index in [0.29, 0.717) is 37.9 Å². The Morgan fingerprint density at radius 1 is 1.24 bits per heavy atom. The summed E-state index contributed by atoms with van der Waals surface area (Å²) in [6.07, 6.45) is 3.00. The van der Waals surface area contributed by atoms with E-state index in [9.17, 15) is 8.42 Å². The van der Waals surface area contributed by atoms with Gasteiger partial charge < -0.3 is 20.7 Å². The number of nitrogens with two attached hydrogens (primary N) is 1. The normalized spacial score (nSPS) is 22.4. The van der Waals surface area contributed by atoms with Gasteiger partial charge in [-0.05, 0) is 25.1 Å². The molecule has 2 atom stereocenters. The van der Waals surface area contributed by atoms with Gasteiger partial charge in [0.15, 0.2) is 21.5 Å². The average Bonchev–Trinajstić information content (AvgIpc) is 3.21. The number of ether oxygens (including phenoxy) is 1. The Morgan fingerprint density at radius 3 is 2.74 bits per heavy atom. The zero-order valence-electron chi connectivity index (χ0n) is 19.3. The molecule has 10 nitrogen and oxygen atoms in total. The van der Waals surface area contributed by atoms with Crippen molar-refractivity contribution in [3.05, 3.63) is 29.3 Å². The predicted octanol–water partition coefficient (Wildman–Crippen LogP) is 1.34. The first-order chi connectivity index (χ1) is 16.3. The number of sulfone groups is 1. The second-order valence-electron chi connectivity index (χ2n) is 8.80. The van der Waals surface area contributed by atoms with E-state index in [1.54, 1.807) is 23.6 Å². The van der Waals surface area contributed by atoms with Crippen LogP contribution in [0.15, 0.2) is 24.4 Å². The number of nitrogens with one attached hydrogen (secondary N) is 1. The van der Waals surface area contributed by atoms with Crippen LogP contribution >= 0.6 is 11.3 Å². The molecule has 12 heteroatoms. The van der Waals surface area contributed by atoms with Crippen LogP contribution < -0.4 is 16.0 Å². The van der Waals surface area contributed by atoms with E-state index in [2.05, 4.69) is 21.3 Å². The molecular weight excluding hydrogens is 474 g/mol. The number of piperazine rings is 1. The van der Waals surface area contributed by atoms with E-state index in [0.717, 1.165) is 46.1 Å². The Bertz CT molecular complexity index is 1270. The van der Waals surface area contributed by atoms with Gasteiger partial charge in [0.2, 0.25) is 0 Å². The molecule has 5 rings (SSSR count). The van der Waals surface area contributed by atoms with Gasteiger partial charge in [0.25, 0.3) is 0 Å². The van der Waals surface area contributed by atoms with Crippen molar-refractivity contribution >= 4 is 43.0 Å². The van der Waals surface area contributed by atoms with E-state index in [1.807, 2.05) is 17.9 Å². The van der Waals surface area contributed by atoms with E-state index in [-0.39, 0.29) is 6.04 Å². The quantitative estimate of drug-likeness (QED) is 0.526. The highest BCUT2D eigenvalue weighted by Crippen LogP contribution is 2.35. The lowest BCUT2D eigenvalue weighted by molar-refractivity contribution is 0.122. The molecule has 2 aliphatic heterocycles. The van der Waals surface area contributed by atoms with Crippen LogP contribution in [0.25, 0.3) is 21.6 Å². The molecule has 0 aliphatic carbocycles. The number of anilines is 2. The van der Waals surface area contributed by atoms with Gasteiger partial charge in [-0.25, -0.2) is 23.4 Å². The molecule has 2 saturated heterocycles. The van der Waals surface area contributed by atoms with Crippen molar-refractivity contribution in [1.82, 2.24) is 25.2 Å². The summed E-state index contributed by atoms with van der Waals surface area (Å²) in [5, 5.41) is 2.73. The number of fused-ring (bicyclic) bond motifs is 1. The minimum atomic E-state index is -3.25. The Morgan fingerprint density at radius 2 is 2.03 bits per heavy atom. The van der Waals surface area contributed by atoms with Crippen LogP contribution in [-0.2, 0) is 21.1 Å². The van der Waals surface area contributed by atoms with Crippen LogP contribution in [0.2, 0.25) is 0 Å². The van der Waals surface area contributed by atoms with Crippen molar-refractivity contribution < 1.29 is 13.2 Å². The number of hydrogen-bond donors (Lipinski definition) is 2. The lowest BCUT2D eigenvalue weighted by Crippen LogP contribution is -2.59. The molecule has 3 aromatic rings.